The normalized spacial score (nSPS) is 13.4. The van der Waals surface area contributed by atoms with Crippen LogP contribution in [0.25, 0.3) is 5.69 Å². The number of rotatable bonds is 3. The molecule has 0 aliphatic carbocycles. The maximum atomic E-state index is 6.30. The van der Waals surface area contributed by atoms with Gasteiger partial charge in [-0.2, -0.15) is 36.6 Å². The smallest absolute Gasteiger partial charge is 0.513 e. The summed E-state index contributed by atoms with van der Waals surface area (Å²) in [5.41, 5.74) is 6.80. The number of ether oxygens (including phenoxy) is 1. The van der Waals surface area contributed by atoms with E-state index in [1.165, 1.54) is 0 Å². The second-order valence-electron chi connectivity index (χ2n) is 8.48. The van der Waals surface area contributed by atoms with Crippen LogP contribution in [-0.2, 0) is 21.1 Å². The first kappa shape index (κ1) is 22.5. The zero-order chi connectivity index (χ0) is 23.4. The maximum Gasteiger partial charge on any atom is 4.00 e. The fourth-order valence-corrected chi connectivity index (χ4v) is 4.68. The van der Waals surface area contributed by atoms with E-state index in [0.717, 1.165) is 51.3 Å². The molecule has 0 fully saturated rings. The van der Waals surface area contributed by atoms with Crippen molar-refractivity contribution in [1.82, 2.24) is 4.57 Å². The maximum absolute atomic E-state index is 6.30. The monoisotopic (exact) mass is 647 g/mol. The third kappa shape index (κ3) is 3.59. The van der Waals surface area contributed by atoms with E-state index in [4.69, 9.17) is 4.74 Å². The van der Waals surface area contributed by atoms with E-state index >= 15 is 0 Å². The molecule has 6 heteroatoms. The number of hydrogen-bond acceptors (Lipinski definition) is 4. The summed E-state index contributed by atoms with van der Waals surface area (Å²) in [5.74, 6) is 1.55. The largest absolute Gasteiger partial charge is 4.00 e. The summed E-state index contributed by atoms with van der Waals surface area (Å²) in [6, 6.07) is 37.7. The number of aromatic nitrogens is 1. The number of fused-ring (bicyclic) bond motifs is 3. The minimum absolute atomic E-state index is 0. The van der Waals surface area contributed by atoms with Gasteiger partial charge in [-0.05, 0) is 37.0 Å². The quantitative estimate of drug-likeness (QED) is 0.191. The standard InChI is InChI=1S/C30H20N4O.Pt/c1-31-21-33(26-12-3-2-11-25(26)31)23-15-16-30-28(20-23)34(27-13-4-5-14-29(27)35-30)24-10-8-9-22(19-24)32-17-6-7-18-32;/h2-17,21H,1H3;/q-4;+4. The SMILES string of the molecule is CN1[CH-]N(c2[c-]c3c(cc2)Oc2ccccc2N3c2[c-]c(-n3[c-]ccc3)ccc2)c2ccccc21.[Pt+4]. The molecule has 36 heavy (non-hydrogen) atoms. The fourth-order valence-electron chi connectivity index (χ4n) is 4.68. The van der Waals surface area contributed by atoms with E-state index < -0.39 is 0 Å². The molecule has 0 saturated carbocycles. The van der Waals surface area contributed by atoms with Gasteiger partial charge in [-0.15, -0.1) is 42.2 Å². The van der Waals surface area contributed by atoms with E-state index in [0.29, 0.717) is 0 Å². The summed E-state index contributed by atoms with van der Waals surface area (Å²) in [4.78, 5) is 6.44. The van der Waals surface area contributed by atoms with E-state index in [2.05, 4.69) is 83.1 Å². The van der Waals surface area contributed by atoms with Crippen LogP contribution in [0.1, 0.15) is 0 Å². The second-order valence-corrected chi connectivity index (χ2v) is 8.48. The molecule has 0 saturated heterocycles. The van der Waals surface area contributed by atoms with Crippen molar-refractivity contribution in [3.05, 3.63) is 122 Å². The summed E-state index contributed by atoms with van der Waals surface area (Å²) in [7, 11) is 2.06. The van der Waals surface area contributed by atoms with Crippen molar-refractivity contribution in [2.45, 2.75) is 0 Å². The van der Waals surface area contributed by atoms with E-state index in [1.54, 1.807) is 0 Å². The van der Waals surface area contributed by atoms with Crippen molar-refractivity contribution in [2.75, 3.05) is 21.7 Å². The molecule has 0 spiro atoms. The van der Waals surface area contributed by atoms with Crippen LogP contribution in [0.2, 0.25) is 0 Å². The molecule has 2 aliphatic rings. The van der Waals surface area contributed by atoms with Gasteiger partial charge in [-0.3, -0.25) is 0 Å². The van der Waals surface area contributed by atoms with Crippen LogP contribution in [0.3, 0.4) is 0 Å². The summed E-state index contributed by atoms with van der Waals surface area (Å²) < 4.78 is 8.24. The Morgan fingerprint density at radius 2 is 1.47 bits per heavy atom. The fraction of sp³-hybridized carbons (Fsp3) is 0.0333. The predicted molar refractivity (Wildman–Crippen MR) is 138 cm³/mol. The van der Waals surface area contributed by atoms with Crippen molar-refractivity contribution in [3.8, 4) is 17.2 Å². The van der Waals surface area contributed by atoms with Crippen LogP contribution < -0.4 is 19.4 Å². The molecule has 0 N–H and O–H groups in total. The first-order valence-electron chi connectivity index (χ1n) is 11.4. The average molecular weight is 648 g/mol. The molecule has 0 amide bonds. The summed E-state index contributed by atoms with van der Waals surface area (Å²) in [5, 5.41) is 0. The Morgan fingerprint density at radius 1 is 0.694 bits per heavy atom. The summed E-state index contributed by atoms with van der Waals surface area (Å²) >= 11 is 0. The van der Waals surface area contributed by atoms with Gasteiger partial charge in [0.25, 0.3) is 0 Å². The molecule has 5 aromatic rings. The van der Waals surface area contributed by atoms with Crippen LogP contribution in [0.4, 0.5) is 34.1 Å². The molecule has 0 unspecified atom stereocenters. The number of benzene rings is 4. The minimum Gasteiger partial charge on any atom is -0.513 e. The molecule has 5 nitrogen and oxygen atoms in total. The van der Waals surface area contributed by atoms with Crippen LogP contribution in [-0.4, -0.2) is 11.6 Å². The molecule has 0 radical (unpaired) electrons. The second kappa shape index (κ2) is 8.92. The van der Waals surface area contributed by atoms with E-state index in [-0.39, 0.29) is 21.1 Å². The minimum atomic E-state index is 0. The third-order valence-corrected chi connectivity index (χ3v) is 6.30. The van der Waals surface area contributed by atoms with Crippen molar-refractivity contribution >= 4 is 34.1 Å². The van der Waals surface area contributed by atoms with Crippen LogP contribution in [0.5, 0.6) is 11.5 Å². The van der Waals surface area contributed by atoms with Crippen molar-refractivity contribution in [1.29, 1.82) is 0 Å². The van der Waals surface area contributed by atoms with Crippen molar-refractivity contribution < 1.29 is 25.8 Å². The van der Waals surface area contributed by atoms with Crippen LogP contribution in [0.15, 0.2) is 97.2 Å². The van der Waals surface area contributed by atoms with Gasteiger partial charge in [0.2, 0.25) is 0 Å². The van der Waals surface area contributed by atoms with Gasteiger partial charge in [-0.25, -0.2) is 0 Å². The number of para-hydroxylation sites is 4. The van der Waals surface area contributed by atoms with Crippen LogP contribution >= 0.6 is 0 Å². The van der Waals surface area contributed by atoms with Gasteiger partial charge in [0.15, 0.2) is 0 Å². The molecule has 3 heterocycles. The average Bonchev–Trinajstić information content (AvgIpc) is 3.56. The number of hydrogen-bond donors (Lipinski definition) is 0. The molecular formula is C30H20N4OPt. The topological polar surface area (TPSA) is 23.9 Å². The Morgan fingerprint density at radius 3 is 2.31 bits per heavy atom. The zero-order valence-corrected chi connectivity index (χ0v) is 21.6. The number of nitrogens with zero attached hydrogens (tertiary/aromatic N) is 4. The molecule has 0 bridgehead atoms. The predicted octanol–water partition coefficient (Wildman–Crippen LogP) is 7.16. The van der Waals surface area contributed by atoms with Gasteiger partial charge >= 0.3 is 21.1 Å². The molecular weight excluding hydrogens is 627 g/mol. The molecule has 176 valence electrons. The Labute approximate surface area is 225 Å². The van der Waals surface area contributed by atoms with Gasteiger partial charge in [-0.1, -0.05) is 36.1 Å². The van der Waals surface area contributed by atoms with E-state index in [9.17, 15) is 0 Å². The van der Waals surface area contributed by atoms with Gasteiger partial charge in [0, 0.05) is 17.1 Å². The Kier molecular flexibility index (Phi) is 5.58. The zero-order valence-electron chi connectivity index (χ0n) is 19.3. The molecule has 0 atom stereocenters. The van der Waals surface area contributed by atoms with Crippen molar-refractivity contribution in [3.63, 3.8) is 0 Å². The van der Waals surface area contributed by atoms with Gasteiger partial charge in [0.1, 0.15) is 5.75 Å². The molecule has 2 aliphatic heterocycles. The molecule has 1 aromatic heterocycles. The van der Waals surface area contributed by atoms with Crippen LogP contribution in [0, 0.1) is 25.0 Å². The van der Waals surface area contributed by atoms with Gasteiger partial charge in [0.05, 0.1) is 5.69 Å². The Bertz CT molecular complexity index is 1550. The number of anilines is 6. The summed E-state index contributed by atoms with van der Waals surface area (Å²) in [6.45, 7) is 2.08. The first-order chi connectivity index (χ1) is 17.3. The molecule has 4 aromatic carbocycles. The first-order valence-corrected chi connectivity index (χ1v) is 11.4. The Balaban J connectivity index is 0.00000240. The van der Waals surface area contributed by atoms with Crippen molar-refractivity contribution in [2.24, 2.45) is 0 Å². The third-order valence-electron chi connectivity index (χ3n) is 6.30. The summed E-state index contributed by atoms with van der Waals surface area (Å²) in [6.07, 6.45) is 5.17. The Hall–Kier alpha value is -3.95. The molecule has 7 rings (SSSR count). The van der Waals surface area contributed by atoms with Gasteiger partial charge < -0.3 is 24.0 Å². The van der Waals surface area contributed by atoms with E-state index in [1.807, 2.05) is 65.4 Å².